The van der Waals surface area contributed by atoms with Crippen LogP contribution in [-0.2, 0) is 27.3 Å². The van der Waals surface area contributed by atoms with Crippen LogP contribution in [0, 0.1) is 5.41 Å². The summed E-state index contributed by atoms with van der Waals surface area (Å²) in [5, 5.41) is 4.11. The fourth-order valence-corrected chi connectivity index (χ4v) is 4.01. The third-order valence-electron chi connectivity index (χ3n) is 5.46. The van der Waals surface area contributed by atoms with Crippen molar-refractivity contribution in [3.05, 3.63) is 54.4 Å². The molecule has 1 fully saturated rings. The molecule has 0 aliphatic carbocycles. The van der Waals surface area contributed by atoms with Crippen molar-refractivity contribution in [2.75, 3.05) is 19.7 Å². The number of piperidine rings is 1. The molecule has 1 unspecified atom stereocenters. The largest absolute Gasteiger partial charge is 0.466 e. The molecule has 1 aromatic heterocycles. The van der Waals surface area contributed by atoms with Crippen molar-refractivity contribution in [3.8, 4) is 0 Å². The summed E-state index contributed by atoms with van der Waals surface area (Å²) in [6.45, 7) is 3.51. The highest BCUT2D eigenvalue weighted by Crippen LogP contribution is 2.37. The number of benzene rings is 1. The molecule has 2 heterocycles. The van der Waals surface area contributed by atoms with E-state index in [0.717, 1.165) is 32.1 Å². The predicted octanol–water partition coefficient (Wildman–Crippen LogP) is 3.08. The average Bonchev–Trinajstić information content (AvgIpc) is 3.22. The zero-order valence-corrected chi connectivity index (χ0v) is 16.5. The highest BCUT2D eigenvalue weighted by Gasteiger charge is 2.44. The van der Waals surface area contributed by atoms with Crippen LogP contribution in [-0.4, -0.2) is 46.3 Å². The molecular weight excluding hydrogens is 354 g/mol. The minimum atomic E-state index is -0.608. The molecule has 0 bridgehead atoms. The number of esters is 1. The first-order chi connectivity index (χ1) is 13.6. The zero-order chi connectivity index (χ0) is 19.8. The Morgan fingerprint density at radius 1 is 1.21 bits per heavy atom. The quantitative estimate of drug-likeness (QED) is 0.657. The highest BCUT2D eigenvalue weighted by atomic mass is 16.5. The summed E-state index contributed by atoms with van der Waals surface area (Å²) < 4.78 is 7.05. The van der Waals surface area contributed by atoms with Gasteiger partial charge < -0.3 is 9.64 Å². The van der Waals surface area contributed by atoms with Crippen molar-refractivity contribution in [1.82, 2.24) is 14.7 Å². The van der Waals surface area contributed by atoms with E-state index in [0.29, 0.717) is 19.7 Å². The maximum Gasteiger partial charge on any atom is 0.313 e. The number of carbonyl (C=O) groups excluding carboxylic acids is 2. The predicted molar refractivity (Wildman–Crippen MR) is 106 cm³/mol. The van der Waals surface area contributed by atoms with Gasteiger partial charge in [-0.25, -0.2) is 0 Å². The number of likely N-dealkylation sites (tertiary alicyclic amines) is 1. The molecule has 1 amide bonds. The monoisotopic (exact) mass is 383 g/mol. The van der Waals surface area contributed by atoms with E-state index in [1.54, 1.807) is 23.1 Å². The van der Waals surface area contributed by atoms with Gasteiger partial charge in [-0.2, -0.15) is 5.10 Å². The first-order valence-corrected chi connectivity index (χ1v) is 10.1. The number of hydrogen-bond donors (Lipinski definition) is 0. The van der Waals surface area contributed by atoms with Crippen LogP contribution in [0.5, 0.6) is 0 Å². The van der Waals surface area contributed by atoms with Gasteiger partial charge in [0.25, 0.3) is 0 Å². The third kappa shape index (κ3) is 5.00. The Balaban J connectivity index is 1.67. The first-order valence-electron chi connectivity index (χ1n) is 10.1. The Hall–Kier alpha value is -2.63. The van der Waals surface area contributed by atoms with Gasteiger partial charge in [0.2, 0.25) is 5.91 Å². The van der Waals surface area contributed by atoms with E-state index >= 15 is 0 Å². The lowest BCUT2D eigenvalue weighted by Crippen LogP contribution is -2.51. The number of hydrogen-bond acceptors (Lipinski definition) is 4. The number of aryl methyl sites for hydroxylation is 1. The van der Waals surface area contributed by atoms with Crippen LogP contribution < -0.4 is 0 Å². The molecule has 1 saturated heterocycles. The van der Waals surface area contributed by atoms with Crippen LogP contribution in [0.2, 0.25) is 0 Å². The van der Waals surface area contributed by atoms with Crippen molar-refractivity contribution >= 4 is 11.9 Å². The molecule has 6 nitrogen and oxygen atoms in total. The molecule has 0 N–H and O–H groups in total. The highest BCUT2D eigenvalue weighted by molar-refractivity contribution is 5.80. The fraction of sp³-hybridized carbons (Fsp3) is 0.500. The molecule has 0 spiro atoms. The second-order valence-corrected chi connectivity index (χ2v) is 7.46. The maximum absolute atomic E-state index is 12.9. The second-order valence-electron chi connectivity index (χ2n) is 7.46. The molecule has 150 valence electrons. The Kier molecular flexibility index (Phi) is 6.85. The number of ether oxygens (including phenoxy) is 1. The van der Waals surface area contributed by atoms with E-state index in [-0.39, 0.29) is 18.4 Å². The molecule has 3 rings (SSSR count). The average molecular weight is 383 g/mol. The lowest BCUT2D eigenvalue weighted by molar-refractivity contribution is -0.161. The standard InChI is InChI=1S/C22H29N3O3/c1-2-28-21(27)22(12-6-11-19-9-4-3-5-10-19)13-7-15-24(18-22)20(26)17-25-16-8-14-23-25/h3-5,8-10,14,16H,2,6-7,11-13,15,17-18H2,1H3. The summed E-state index contributed by atoms with van der Waals surface area (Å²) in [7, 11) is 0. The molecular formula is C22H29N3O3. The summed E-state index contributed by atoms with van der Waals surface area (Å²) in [5.74, 6) is -0.167. The van der Waals surface area contributed by atoms with Crippen molar-refractivity contribution in [2.24, 2.45) is 5.41 Å². The second kappa shape index (κ2) is 9.53. The minimum Gasteiger partial charge on any atom is -0.466 e. The summed E-state index contributed by atoms with van der Waals surface area (Å²) >= 11 is 0. The molecule has 1 aliphatic heterocycles. The van der Waals surface area contributed by atoms with Crippen molar-refractivity contribution in [1.29, 1.82) is 0 Å². The number of carbonyl (C=O) groups is 2. The number of amides is 1. The molecule has 1 aromatic carbocycles. The smallest absolute Gasteiger partial charge is 0.313 e. The Bertz CT molecular complexity index is 761. The topological polar surface area (TPSA) is 64.4 Å². The van der Waals surface area contributed by atoms with Gasteiger partial charge in [-0.1, -0.05) is 30.3 Å². The first kappa shape index (κ1) is 20.1. The van der Waals surface area contributed by atoms with Crippen LogP contribution in [0.15, 0.2) is 48.8 Å². The molecule has 0 radical (unpaired) electrons. The van der Waals surface area contributed by atoms with Crippen LogP contribution in [0.3, 0.4) is 0 Å². The Labute approximate surface area is 166 Å². The van der Waals surface area contributed by atoms with E-state index < -0.39 is 5.41 Å². The zero-order valence-electron chi connectivity index (χ0n) is 16.5. The van der Waals surface area contributed by atoms with E-state index in [1.807, 2.05) is 30.0 Å². The lowest BCUT2D eigenvalue weighted by Gasteiger charge is -2.41. The van der Waals surface area contributed by atoms with Crippen LogP contribution in [0.1, 0.15) is 38.2 Å². The lowest BCUT2D eigenvalue weighted by atomic mass is 9.75. The number of aromatic nitrogens is 2. The van der Waals surface area contributed by atoms with Gasteiger partial charge >= 0.3 is 5.97 Å². The van der Waals surface area contributed by atoms with E-state index in [1.165, 1.54) is 5.56 Å². The van der Waals surface area contributed by atoms with Crippen LogP contribution in [0.25, 0.3) is 0 Å². The van der Waals surface area contributed by atoms with Crippen LogP contribution in [0.4, 0.5) is 0 Å². The fourth-order valence-electron chi connectivity index (χ4n) is 4.01. The van der Waals surface area contributed by atoms with E-state index in [2.05, 4.69) is 17.2 Å². The summed E-state index contributed by atoms with van der Waals surface area (Å²) in [6.07, 6.45) is 7.57. The normalized spacial score (nSPS) is 19.4. The van der Waals surface area contributed by atoms with Gasteiger partial charge in [-0.15, -0.1) is 0 Å². The Morgan fingerprint density at radius 3 is 2.75 bits per heavy atom. The third-order valence-corrected chi connectivity index (χ3v) is 5.46. The number of nitrogens with zero attached hydrogens (tertiary/aromatic N) is 3. The summed E-state index contributed by atoms with van der Waals surface area (Å²) in [6, 6.07) is 12.1. The minimum absolute atomic E-state index is 0.000123. The van der Waals surface area contributed by atoms with Crippen molar-refractivity contribution < 1.29 is 14.3 Å². The molecule has 1 aliphatic rings. The molecule has 28 heavy (non-hydrogen) atoms. The van der Waals surface area contributed by atoms with Gasteiger partial charge in [0, 0.05) is 25.5 Å². The SMILES string of the molecule is CCOC(=O)C1(CCCc2ccccc2)CCCN(C(=O)Cn2cccn2)C1. The van der Waals surface area contributed by atoms with Gasteiger partial charge in [0.15, 0.2) is 0 Å². The maximum atomic E-state index is 12.9. The number of rotatable bonds is 8. The van der Waals surface area contributed by atoms with Crippen LogP contribution >= 0.6 is 0 Å². The van der Waals surface area contributed by atoms with Gasteiger partial charge in [-0.05, 0) is 50.7 Å². The summed E-state index contributed by atoms with van der Waals surface area (Å²) in [4.78, 5) is 27.4. The van der Waals surface area contributed by atoms with E-state index in [9.17, 15) is 9.59 Å². The van der Waals surface area contributed by atoms with Gasteiger partial charge in [0.05, 0.1) is 12.0 Å². The van der Waals surface area contributed by atoms with Gasteiger partial charge in [0.1, 0.15) is 6.54 Å². The van der Waals surface area contributed by atoms with Gasteiger partial charge in [-0.3, -0.25) is 14.3 Å². The van der Waals surface area contributed by atoms with Crippen molar-refractivity contribution in [2.45, 2.75) is 45.6 Å². The Morgan fingerprint density at radius 2 is 2.04 bits per heavy atom. The van der Waals surface area contributed by atoms with E-state index in [4.69, 9.17) is 4.74 Å². The molecule has 0 saturated carbocycles. The molecule has 1 atom stereocenters. The molecule has 2 aromatic rings. The summed E-state index contributed by atoms with van der Waals surface area (Å²) in [5.41, 5.74) is 0.659. The van der Waals surface area contributed by atoms with Crippen molar-refractivity contribution in [3.63, 3.8) is 0 Å². The molecule has 6 heteroatoms.